The summed E-state index contributed by atoms with van der Waals surface area (Å²) < 4.78 is 10.1. The molecule has 0 aliphatic carbocycles. The molecule has 0 heterocycles. The standard InChI is InChI=1S/C12H18N2O3/c1-8(2)7-17-12(15)14-10-6-9(13)4-5-11(10)16-3/h4-6,8H,7,13H2,1-3H3,(H,14,15). The molecule has 1 rings (SSSR count). The Balaban J connectivity index is 2.66. The van der Waals surface area contributed by atoms with E-state index in [-0.39, 0.29) is 0 Å². The van der Waals surface area contributed by atoms with Gasteiger partial charge in [0.25, 0.3) is 0 Å². The summed E-state index contributed by atoms with van der Waals surface area (Å²) in [6.45, 7) is 4.30. The number of hydrogen-bond donors (Lipinski definition) is 2. The smallest absolute Gasteiger partial charge is 0.411 e. The van der Waals surface area contributed by atoms with E-state index in [2.05, 4.69) is 5.32 Å². The topological polar surface area (TPSA) is 73.6 Å². The molecule has 0 bridgehead atoms. The maximum Gasteiger partial charge on any atom is 0.411 e. The van der Waals surface area contributed by atoms with E-state index < -0.39 is 6.09 Å². The molecule has 0 saturated heterocycles. The molecule has 0 radical (unpaired) electrons. The van der Waals surface area contributed by atoms with E-state index in [1.807, 2.05) is 13.8 Å². The molecule has 0 atom stereocenters. The Morgan fingerprint density at radius 2 is 2.18 bits per heavy atom. The average molecular weight is 238 g/mol. The van der Waals surface area contributed by atoms with Gasteiger partial charge in [-0.3, -0.25) is 5.32 Å². The van der Waals surface area contributed by atoms with Gasteiger partial charge in [0.15, 0.2) is 0 Å². The maximum atomic E-state index is 11.5. The summed E-state index contributed by atoms with van der Waals surface area (Å²) in [7, 11) is 1.52. The Labute approximate surface area is 101 Å². The fourth-order valence-electron chi connectivity index (χ4n) is 1.21. The Morgan fingerprint density at radius 1 is 1.47 bits per heavy atom. The molecule has 1 aromatic rings. The lowest BCUT2D eigenvalue weighted by Crippen LogP contribution is -2.17. The summed E-state index contributed by atoms with van der Waals surface area (Å²) in [5.41, 5.74) is 6.68. The summed E-state index contributed by atoms with van der Waals surface area (Å²) >= 11 is 0. The van der Waals surface area contributed by atoms with Crippen molar-refractivity contribution in [2.45, 2.75) is 13.8 Å². The summed E-state index contributed by atoms with van der Waals surface area (Å²) in [4.78, 5) is 11.5. The highest BCUT2D eigenvalue weighted by Gasteiger charge is 2.09. The van der Waals surface area contributed by atoms with Crippen molar-refractivity contribution in [3.63, 3.8) is 0 Å². The molecular formula is C12H18N2O3. The van der Waals surface area contributed by atoms with Crippen molar-refractivity contribution in [1.82, 2.24) is 0 Å². The Morgan fingerprint density at radius 3 is 2.76 bits per heavy atom. The molecule has 1 aromatic carbocycles. The summed E-state index contributed by atoms with van der Waals surface area (Å²) in [5, 5.41) is 2.59. The average Bonchev–Trinajstić information content (AvgIpc) is 2.27. The summed E-state index contributed by atoms with van der Waals surface area (Å²) in [6, 6.07) is 5.01. The lowest BCUT2D eigenvalue weighted by atomic mass is 10.2. The number of nitrogens with two attached hydrogens (primary N) is 1. The molecule has 0 spiro atoms. The monoisotopic (exact) mass is 238 g/mol. The molecule has 5 nitrogen and oxygen atoms in total. The van der Waals surface area contributed by atoms with E-state index in [4.69, 9.17) is 15.2 Å². The number of ether oxygens (including phenoxy) is 2. The largest absolute Gasteiger partial charge is 0.495 e. The van der Waals surface area contributed by atoms with Crippen molar-refractivity contribution < 1.29 is 14.3 Å². The highest BCUT2D eigenvalue weighted by atomic mass is 16.5. The van der Waals surface area contributed by atoms with Gasteiger partial charge in [-0.25, -0.2) is 4.79 Å². The minimum Gasteiger partial charge on any atom is -0.495 e. The predicted molar refractivity (Wildman–Crippen MR) is 67.2 cm³/mol. The van der Waals surface area contributed by atoms with Gasteiger partial charge in [-0.1, -0.05) is 13.8 Å². The van der Waals surface area contributed by atoms with Crippen LogP contribution in [0.15, 0.2) is 18.2 Å². The van der Waals surface area contributed by atoms with Gasteiger partial charge >= 0.3 is 6.09 Å². The van der Waals surface area contributed by atoms with E-state index in [1.165, 1.54) is 7.11 Å². The third-order valence-corrected chi connectivity index (χ3v) is 2.01. The number of amides is 1. The zero-order valence-corrected chi connectivity index (χ0v) is 10.3. The van der Waals surface area contributed by atoms with E-state index in [9.17, 15) is 4.79 Å². The third kappa shape index (κ3) is 4.22. The van der Waals surface area contributed by atoms with Crippen molar-refractivity contribution in [2.75, 3.05) is 24.8 Å². The van der Waals surface area contributed by atoms with Gasteiger partial charge in [0.05, 0.1) is 19.4 Å². The highest BCUT2D eigenvalue weighted by molar-refractivity contribution is 5.87. The van der Waals surface area contributed by atoms with Crippen LogP contribution in [0, 0.1) is 5.92 Å². The Bertz CT molecular complexity index is 391. The van der Waals surface area contributed by atoms with E-state index in [1.54, 1.807) is 18.2 Å². The van der Waals surface area contributed by atoms with Crippen LogP contribution in [0.1, 0.15) is 13.8 Å². The van der Waals surface area contributed by atoms with E-state index >= 15 is 0 Å². The number of anilines is 2. The number of nitrogens with one attached hydrogen (secondary N) is 1. The first-order valence-electron chi connectivity index (χ1n) is 5.40. The van der Waals surface area contributed by atoms with Crippen molar-refractivity contribution in [3.8, 4) is 5.75 Å². The predicted octanol–water partition coefficient (Wildman–Crippen LogP) is 2.48. The van der Waals surface area contributed by atoms with Gasteiger partial charge in [0, 0.05) is 5.69 Å². The van der Waals surface area contributed by atoms with Crippen molar-refractivity contribution in [1.29, 1.82) is 0 Å². The van der Waals surface area contributed by atoms with Crippen LogP contribution in [0.3, 0.4) is 0 Å². The van der Waals surface area contributed by atoms with Crippen LogP contribution in [0.25, 0.3) is 0 Å². The summed E-state index contributed by atoms with van der Waals surface area (Å²) in [5.74, 6) is 0.837. The quantitative estimate of drug-likeness (QED) is 0.790. The number of hydrogen-bond acceptors (Lipinski definition) is 4. The van der Waals surface area contributed by atoms with Gasteiger partial charge < -0.3 is 15.2 Å². The van der Waals surface area contributed by atoms with Crippen LogP contribution in [-0.2, 0) is 4.74 Å². The van der Waals surface area contributed by atoms with Gasteiger partial charge in [-0.05, 0) is 24.1 Å². The van der Waals surface area contributed by atoms with Crippen LogP contribution in [0.4, 0.5) is 16.2 Å². The highest BCUT2D eigenvalue weighted by Crippen LogP contribution is 2.26. The molecule has 17 heavy (non-hydrogen) atoms. The zero-order chi connectivity index (χ0) is 12.8. The second-order valence-electron chi connectivity index (χ2n) is 4.08. The lowest BCUT2D eigenvalue weighted by molar-refractivity contribution is 0.147. The van der Waals surface area contributed by atoms with Gasteiger partial charge in [-0.15, -0.1) is 0 Å². The maximum absolute atomic E-state index is 11.5. The first-order chi connectivity index (χ1) is 8.02. The number of carbonyl (C=O) groups excluding carboxylic acids is 1. The Hall–Kier alpha value is -1.91. The van der Waals surface area contributed by atoms with Crippen LogP contribution in [0.2, 0.25) is 0 Å². The molecule has 0 aliphatic rings. The number of rotatable bonds is 4. The lowest BCUT2D eigenvalue weighted by Gasteiger charge is -2.12. The molecule has 0 aromatic heterocycles. The van der Waals surface area contributed by atoms with Gasteiger partial charge in [0.1, 0.15) is 5.75 Å². The molecule has 94 valence electrons. The number of nitrogen functional groups attached to an aromatic ring is 1. The molecular weight excluding hydrogens is 220 g/mol. The van der Waals surface area contributed by atoms with Gasteiger partial charge in [0.2, 0.25) is 0 Å². The van der Waals surface area contributed by atoms with Crippen LogP contribution in [0.5, 0.6) is 5.75 Å². The molecule has 3 N–H and O–H groups in total. The minimum atomic E-state index is -0.511. The van der Waals surface area contributed by atoms with Crippen LogP contribution >= 0.6 is 0 Å². The molecule has 5 heteroatoms. The van der Waals surface area contributed by atoms with Crippen molar-refractivity contribution in [2.24, 2.45) is 5.92 Å². The normalized spacial score (nSPS) is 10.1. The first kappa shape index (κ1) is 13.2. The fourth-order valence-corrected chi connectivity index (χ4v) is 1.21. The SMILES string of the molecule is COc1ccc(N)cc1NC(=O)OCC(C)C. The van der Waals surface area contributed by atoms with E-state index in [0.717, 1.165) is 0 Å². The summed E-state index contributed by atoms with van der Waals surface area (Å²) in [6.07, 6.45) is -0.511. The Kier molecular flexibility index (Phi) is 4.63. The number of benzene rings is 1. The molecule has 0 aliphatic heterocycles. The second kappa shape index (κ2) is 5.98. The molecule has 0 unspecified atom stereocenters. The molecule has 0 saturated carbocycles. The molecule has 1 amide bonds. The van der Waals surface area contributed by atoms with Crippen LogP contribution in [-0.4, -0.2) is 19.8 Å². The van der Waals surface area contributed by atoms with E-state index in [0.29, 0.717) is 29.6 Å². The zero-order valence-electron chi connectivity index (χ0n) is 10.3. The number of carbonyl (C=O) groups is 1. The molecule has 0 fully saturated rings. The minimum absolute atomic E-state index is 0.295. The fraction of sp³-hybridized carbons (Fsp3) is 0.417. The van der Waals surface area contributed by atoms with Crippen molar-refractivity contribution >= 4 is 17.5 Å². The van der Waals surface area contributed by atoms with Gasteiger partial charge in [-0.2, -0.15) is 0 Å². The van der Waals surface area contributed by atoms with Crippen LogP contribution < -0.4 is 15.8 Å². The number of methoxy groups -OCH3 is 1. The second-order valence-corrected chi connectivity index (χ2v) is 4.08. The van der Waals surface area contributed by atoms with Crippen molar-refractivity contribution in [3.05, 3.63) is 18.2 Å². The third-order valence-electron chi connectivity index (χ3n) is 2.01. The first-order valence-corrected chi connectivity index (χ1v) is 5.40.